The van der Waals surface area contributed by atoms with E-state index in [9.17, 15) is 24.0 Å². The molecule has 1 atom stereocenters. The van der Waals surface area contributed by atoms with Gasteiger partial charge >= 0.3 is 18.0 Å². The molecule has 0 unspecified atom stereocenters. The summed E-state index contributed by atoms with van der Waals surface area (Å²) in [5.74, 6) is -3.29. The van der Waals surface area contributed by atoms with Crippen molar-refractivity contribution in [1.29, 1.82) is 0 Å². The Labute approximate surface area is 201 Å². The minimum Gasteiger partial charge on any atom is -0.480 e. The summed E-state index contributed by atoms with van der Waals surface area (Å²) in [4.78, 5) is 59.1. The van der Waals surface area contributed by atoms with Gasteiger partial charge < -0.3 is 30.5 Å². The second-order valence-electron chi connectivity index (χ2n) is 7.33. The Hall–Kier alpha value is -4.41. The molecule has 35 heavy (non-hydrogen) atoms. The molecule has 2 aromatic rings. The van der Waals surface area contributed by atoms with Crippen LogP contribution in [0.5, 0.6) is 0 Å². The van der Waals surface area contributed by atoms with E-state index in [-0.39, 0.29) is 26.1 Å². The molecular weight excluding hydrogens is 458 g/mol. The van der Waals surface area contributed by atoms with E-state index in [1.54, 1.807) is 48.5 Å². The van der Waals surface area contributed by atoms with E-state index in [1.807, 2.05) is 12.1 Å². The fourth-order valence-corrected chi connectivity index (χ4v) is 2.78. The molecule has 0 aliphatic rings. The molecule has 0 saturated carbocycles. The highest BCUT2D eigenvalue weighted by Gasteiger charge is 2.23. The Morgan fingerprint density at radius 2 is 1.34 bits per heavy atom. The van der Waals surface area contributed by atoms with Crippen molar-refractivity contribution in [3.05, 3.63) is 71.8 Å². The van der Waals surface area contributed by atoms with Gasteiger partial charge in [0, 0.05) is 6.42 Å². The maximum atomic E-state index is 12.6. The van der Waals surface area contributed by atoms with Crippen LogP contribution in [0, 0.1) is 0 Å². The molecule has 11 heteroatoms. The summed E-state index contributed by atoms with van der Waals surface area (Å²) < 4.78 is 10.3. The van der Waals surface area contributed by atoms with E-state index in [0.29, 0.717) is 0 Å². The molecular formula is C24H27N3O8. The molecule has 0 aliphatic heterocycles. The van der Waals surface area contributed by atoms with Crippen LogP contribution < -0.4 is 16.0 Å². The van der Waals surface area contributed by atoms with E-state index in [0.717, 1.165) is 11.1 Å². The van der Waals surface area contributed by atoms with E-state index < -0.39 is 49.0 Å². The average molecular weight is 485 g/mol. The van der Waals surface area contributed by atoms with Gasteiger partial charge in [-0.15, -0.1) is 0 Å². The van der Waals surface area contributed by atoms with Gasteiger partial charge in [-0.05, 0) is 17.5 Å². The average Bonchev–Trinajstić information content (AvgIpc) is 2.87. The van der Waals surface area contributed by atoms with Crippen LogP contribution >= 0.6 is 0 Å². The third kappa shape index (κ3) is 11.3. The van der Waals surface area contributed by atoms with E-state index in [2.05, 4.69) is 16.0 Å². The lowest BCUT2D eigenvalue weighted by Gasteiger charge is -2.18. The number of carbonyl (C=O) groups excluding carboxylic acids is 4. The van der Waals surface area contributed by atoms with Crippen LogP contribution in [0.2, 0.25) is 0 Å². The van der Waals surface area contributed by atoms with Crippen molar-refractivity contribution in [3.63, 3.8) is 0 Å². The Bertz CT molecular complexity index is 998. The minimum absolute atomic E-state index is 0.0300. The summed E-state index contributed by atoms with van der Waals surface area (Å²) in [5, 5.41) is 15.4. The van der Waals surface area contributed by atoms with Crippen LogP contribution in [0.15, 0.2) is 60.7 Å². The van der Waals surface area contributed by atoms with Gasteiger partial charge in [0.25, 0.3) is 0 Å². The molecule has 0 aromatic heterocycles. The molecule has 0 bridgehead atoms. The standard InChI is InChI=1S/C24H27N3O8/c28-20(25-14-21(29)30)13-26-23(32)19(27-24(33)35-16-18-9-5-2-6-10-18)11-12-22(31)34-15-17-7-3-1-4-8-17/h1-10,19H,11-16H2,(H,25,28)(H,26,32)(H,27,33)(H,29,30)/t19-/m1/s1. The lowest BCUT2D eigenvalue weighted by atomic mass is 10.1. The molecule has 0 spiro atoms. The number of benzene rings is 2. The number of alkyl carbamates (subject to hydrolysis) is 1. The highest BCUT2D eigenvalue weighted by molar-refractivity contribution is 5.90. The molecule has 11 nitrogen and oxygen atoms in total. The van der Waals surface area contributed by atoms with Gasteiger partial charge in [-0.3, -0.25) is 19.2 Å². The lowest BCUT2D eigenvalue weighted by molar-refractivity contribution is -0.145. The second-order valence-corrected chi connectivity index (χ2v) is 7.33. The fourth-order valence-electron chi connectivity index (χ4n) is 2.78. The number of carboxylic acids is 1. The van der Waals surface area contributed by atoms with E-state index in [1.165, 1.54) is 0 Å². The first kappa shape index (κ1) is 26.8. The molecule has 186 valence electrons. The van der Waals surface area contributed by atoms with Crippen molar-refractivity contribution in [2.45, 2.75) is 32.1 Å². The number of nitrogens with one attached hydrogen (secondary N) is 3. The zero-order chi connectivity index (χ0) is 25.5. The number of ether oxygens (including phenoxy) is 2. The third-order valence-corrected chi connectivity index (χ3v) is 4.56. The highest BCUT2D eigenvalue weighted by atomic mass is 16.5. The highest BCUT2D eigenvalue weighted by Crippen LogP contribution is 2.06. The largest absolute Gasteiger partial charge is 0.480 e. The van der Waals surface area contributed by atoms with Crippen LogP contribution in [-0.2, 0) is 41.9 Å². The van der Waals surface area contributed by atoms with Gasteiger partial charge in [0.1, 0.15) is 25.8 Å². The first-order chi connectivity index (χ1) is 16.8. The van der Waals surface area contributed by atoms with Crippen molar-refractivity contribution in [1.82, 2.24) is 16.0 Å². The molecule has 2 rings (SSSR count). The van der Waals surface area contributed by atoms with Crippen LogP contribution in [0.1, 0.15) is 24.0 Å². The minimum atomic E-state index is -1.24. The van der Waals surface area contributed by atoms with Crippen molar-refractivity contribution >= 4 is 29.8 Å². The SMILES string of the molecule is O=C(O)CNC(=O)CNC(=O)[C@@H](CCC(=O)OCc1ccccc1)NC(=O)OCc1ccccc1. The zero-order valence-electron chi connectivity index (χ0n) is 18.9. The number of amides is 3. The maximum absolute atomic E-state index is 12.6. The third-order valence-electron chi connectivity index (χ3n) is 4.56. The summed E-state index contributed by atoms with van der Waals surface area (Å²) in [6.07, 6.45) is -1.19. The predicted octanol–water partition coefficient (Wildman–Crippen LogP) is 1.12. The van der Waals surface area contributed by atoms with Crippen LogP contribution in [0.3, 0.4) is 0 Å². The van der Waals surface area contributed by atoms with Crippen LogP contribution in [0.4, 0.5) is 4.79 Å². The molecule has 3 amide bonds. The van der Waals surface area contributed by atoms with Gasteiger partial charge in [0.15, 0.2) is 0 Å². The number of aliphatic carboxylic acids is 1. The van der Waals surface area contributed by atoms with Crippen LogP contribution in [0.25, 0.3) is 0 Å². The molecule has 0 saturated heterocycles. The number of rotatable bonds is 13. The van der Waals surface area contributed by atoms with Gasteiger partial charge in [0.05, 0.1) is 6.54 Å². The van der Waals surface area contributed by atoms with Gasteiger partial charge in [0.2, 0.25) is 11.8 Å². The lowest BCUT2D eigenvalue weighted by Crippen LogP contribution is -2.49. The molecule has 0 heterocycles. The number of esters is 1. The van der Waals surface area contributed by atoms with Gasteiger partial charge in [-0.1, -0.05) is 60.7 Å². The Morgan fingerprint density at radius 1 is 0.771 bits per heavy atom. The van der Waals surface area contributed by atoms with Crippen molar-refractivity contribution in [2.75, 3.05) is 13.1 Å². The number of hydrogen-bond donors (Lipinski definition) is 4. The van der Waals surface area contributed by atoms with Crippen molar-refractivity contribution < 1.29 is 38.6 Å². The topological polar surface area (TPSA) is 160 Å². The van der Waals surface area contributed by atoms with E-state index in [4.69, 9.17) is 14.6 Å². The second kappa shape index (κ2) is 14.7. The van der Waals surface area contributed by atoms with Crippen molar-refractivity contribution in [2.24, 2.45) is 0 Å². The zero-order valence-corrected chi connectivity index (χ0v) is 18.9. The molecule has 4 N–H and O–H groups in total. The first-order valence-corrected chi connectivity index (χ1v) is 10.8. The van der Waals surface area contributed by atoms with Gasteiger partial charge in [-0.25, -0.2) is 4.79 Å². The molecule has 0 radical (unpaired) electrons. The summed E-state index contributed by atoms with van der Waals surface area (Å²) in [5.41, 5.74) is 1.54. The smallest absolute Gasteiger partial charge is 0.408 e. The maximum Gasteiger partial charge on any atom is 0.408 e. The van der Waals surface area contributed by atoms with Crippen LogP contribution in [-0.4, -0.2) is 54.1 Å². The predicted molar refractivity (Wildman–Crippen MR) is 123 cm³/mol. The van der Waals surface area contributed by atoms with Gasteiger partial charge in [-0.2, -0.15) is 0 Å². The monoisotopic (exact) mass is 485 g/mol. The summed E-state index contributed by atoms with van der Waals surface area (Å²) >= 11 is 0. The van der Waals surface area contributed by atoms with Crippen molar-refractivity contribution in [3.8, 4) is 0 Å². The normalized spacial score (nSPS) is 11.0. The fraction of sp³-hybridized carbons (Fsp3) is 0.292. The number of carbonyl (C=O) groups is 5. The van der Waals surface area contributed by atoms with E-state index >= 15 is 0 Å². The Kier molecular flexibility index (Phi) is 11.3. The Balaban J connectivity index is 1.88. The summed E-state index contributed by atoms with van der Waals surface area (Å²) in [6.45, 7) is -1.08. The first-order valence-electron chi connectivity index (χ1n) is 10.8. The summed E-state index contributed by atoms with van der Waals surface area (Å²) in [7, 11) is 0. The summed E-state index contributed by atoms with van der Waals surface area (Å²) in [6, 6.07) is 16.7. The quantitative estimate of drug-likeness (QED) is 0.307. The Morgan fingerprint density at radius 3 is 1.91 bits per heavy atom. The molecule has 0 aliphatic carbocycles. The molecule has 0 fully saturated rings. The number of hydrogen-bond acceptors (Lipinski definition) is 7. The molecule has 2 aromatic carbocycles. The number of carboxylic acid groups (broad SMARTS) is 1.